The monoisotopic (exact) mass is 388 g/mol. The van der Waals surface area contributed by atoms with E-state index < -0.39 is 43.5 Å². The van der Waals surface area contributed by atoms with E-state index in [4.69, 9.17) is 4.43 Å². The maximum absolute atomic E-state index is 12.9. The SMILES string of the molecule is CC(C)(C)[Si](C)(C)OCC(O)c1cc(C(F)(F)F)cc(C(F)(F)F)c1. The Labute approximate surface area is 143 Å². The summed E-state index contributed by atoms with van der Waals surface area (Å²) in [5.74, 6) is 0. The Morgan fingerprint density at radius 2 is 1.32 bits per heavy atom. The lowest BCUT2D eigenvalue weighted by Gasteiger charge is -2.36. The molecule has 0 aromatic heterocycles. The fourth-order valence-corrected chi connectivity index (χ4v) is 2.78. The molecule has 1 N–H and O–H groups in total. The zero-order valence-corrected chi connectivity index (χ0v) is 15.6. The van der Waals surface area contributed by atoms with Gasteiger partial charge in [0.15, 0.2) is 8.32 Å². The zero-order chi connectivity index (χ0) is 19.8. The Hall–Kier alpha value is -1.06. The highest BCUT2D eigenvalue weighted by atomic mass is 28.4. The van der Waals surface area contributed by atoms with Gasteiger partial charge in [0.2, 0.25) is 0 Å². The van der Waals surface area contributed by atoms with Crippen LogP contribution in [0.1, 0.15) is 43.6 Å². The molecule has 144 valence electrons. The second-order valence-corrected chi connectivity index (χ2v) is 12.2. The number of halogens is 6. The number of alkyl halides is 6. The van der Waals surface area contributed by atoms with Crippen LogP contribution < -0.4 is 0 Å². The molecule has 0 heterocycles. The summed E-state index contributed by atoms with van der Waals surface area (Å²) in [5, 5.41) is 9.88. The van der Waals surface area contributed by atoms with Gasteiger partial charge in [0, 0.05) is 0 Å². The van der Waals surface area contributed by atoms with Crippen LogP contribution in [0.5, 0.6) is 0 Å². The number of rotatable bonds is 4. The van der Waals surface area contributed by atoms with Gasteiger partial charge >= 0.3 is 12.4 Å². The average Bonchev–Trinajstić information content (AvgIpc) is 2.41. The zero-order valence-electron chi connectivity index (χ0n) is 14.6. The topological polar surface area (TPSA) is 29.5 Å². The van der Waals surface area contributed by atoms with Crippen LogP contribution in [0.4, 0.5) is 26.3 Å². The molecule has 25 heavy (non-hydrogen) atoms. The predicted molar refractivity (Wildman–Crippen MR) is 84.6 cm³/mol. The maximum atomic E-state index is 12.9. The number of aliphatic hydroxyl groups excluding tert-OH is 1. The molecule has 0 amide bonds. The maximum Gasteiger partial charge on any atom is 0.416 e. The Morgan fingerprint density at radius 3 is 1.64 bits per heavy atom. The van der Waals surface area contributed by atoms with Gasteiger partial charge in [-0.15, -0.1) is 0 Å². The Kier molecular flexibility index (Phi) is 6.08. The molecular formula is C16H22F6O2Si. The van der Waals surface area contributed by atoms with E-state index in [0.717, 1.165) is 0 Å². The van der Waals surface area contributed by atoms with Crippen molar-refractivity contribution in [3.63, 3.8) is 0 Å². The Morgan fingerprint density at radius 1 is 0.920 bits per heavy atom. The number of benzene rings is 1. The van der Waals surface area contributed by atoms with E-state index >= 15 is 0 Å². The van der Waals surface area contributed by atoms with Gasteiger partial charge in [-0.05, 0) is 41.9 Å². The molecule has 1 aromatic rings. The van der Waals surface area contributed by atoms with Gasteiger partial charge in [-0.25, -0.2) is 0 Å². The van der Waals surface area contributed by atoms with Crippen molar-refractivity contribution in [2.24, 2.45) is 0 Å². The largest absolute Gasteiger partial charge is 0.416 e. The first-order chi connectivity index (χ1) is 10.9. The van der Waals surface area contributed by atoms with Gasteiger partial charge < -0.3 is 9.53 Å². The molecule has 0 aliphatic heterocycles. The van der Waals surface area contributed by atoms with Gasteiger partial charge in [0.25, 0.3) is 0 Å². The lowest BCUT2D eigenvalue weighted by atomic mass is 10.0. The van der Waals surface area contributed by atoms with E-state index in [1.165, 1.54) is 0 Å². The molecule has 1 atom stereocenters. The second-order valence-electron chi connectivity index (χ2n) is 7.43. The van der Waals surface area contributed by atoms with Gasteiger partial charge in [0.05, 0.1) is 17.7 Å². The molecule has 1 rings (SSSR count). The summed E-state index contributed by atoms with van der Waals surface area (Å²) in [4.78, 5) is 0. The molecule has 0 radical (unpaired) electrons. The molecule has 0 aliphatic carbocycles. The third-order valence-corrected chi connectivity index (χ3v) is 8.90. The molecule has 0 aliphatic rings. The number of hydrogen-bond acceptors (Lipinski definition) is 2. The summed E-state index contributed by atoms with van der Waals surface area (Å²) in [6.07, 6.45) is -11.5. The first-order valence-electron chi connectivity index (χ1n) is 7.56. The Bertz CT molecular complexity index is 570. The van der Waals surface area contributed by atoms with Gasteiger partial charge in [-0.1, -0.05) is 20.8 Å². The molecule has 0 spiro atoms. The Balaban J connectivity index is 3.15. The fraction of sp³-hybridized carbons (Fsp3) is 0.625. The van der Waals surface area contributed by atoms with Crippen LogP contribution >= 0.6 is 0 Å². The first kappa shape index (κ1) is 22.0. The van der Waals surface area contributed by atoms with E-state index in [2.05, 4.69) is 0 Å². The van der Waals surface area contributed by atoms with Crippen molar-refractivity contribution in [3.05, 3.63) is 34.9 Å². The summed E-state index contributed by atoms with van der Waals surface area (Å²) in [5.41, 5.74) is -3.38. The highest BCUT2D eigenvalue weighted by Gasteiger charge is 2.39. The van der Waals surface area contributed by atoms with Crippen molar-refractivity contribution in [1.82, 2.24) is 0 Å². The molecule has 0 bridgehead atoms. The van der Waals surface area contributed by atoms with Crippen LogP contribution in [0.2, 0.25) is 18.1 Å². The van der Waals surface area contributed by atoms with Crippen molar-refractivity contribution in [3.8, 4) is 0 Å². The highest BCUT2D eigenvalue weighted by molar-refractivity contribution is 6.74. The van der Waals surface area contributed by atoms with Gasteiger partial charge in [-0.2, -0.15) is 26.3 Å². The standard InChI is InChI=1S/C16H22F6O2Si/c1-14(2,3)25(4,5)24-9-13(23)10-6-11(15(17,18)19)8-12(7-10)16(20,21)22/h6-8,13,23H,9H2,1-5H3. The minimum absolute atomic E-state index is 0.0327. The van der Waals surface area contributed by atoms with Crippen molar-refractivity contribution in [1.29, 1.82) is 0 Å². The second kappa shape index (κ2) is 6.92. The lowest BCUT2D eigenvalue weighted by Crippen LogP contribution is -2.41. The van der Waals surface area contributed by atoms with E-state index in [0.29, 0.717) is 12.1 Å². The van der Waals surface area contributed by atoms with Crippen molar-refractivity contribution in [2.75, 3.05) is 6.61 Å². The van der Waals surface area contributed by atoms with Gasteiger partial charge in [-0.3, -0.25) is 0 Å². The molecule has 0 saturated carbocycles. The predicted octanol–water partition coefficient (Wildman–Crippen LogP) is 5.78. The van der Waals surface area contributed by atoms with Crippen LogP contribution in [0, 0.1) is 0 Å². The quantitative estimate of drug-likeness (QED) is 0.523. The minimum atomic E-state index is -4.95. The molecule has 9 heteroatoms. The third kappa shape index (κ3) is 5.72. The average molecular weight is 388 g/mol. The summed E-state index contributed by atoms with van der Waals surface area (Å²) in [7, 11) is -2.31. The molecular weight excluding hydrogens is 366 g/mol. The normalized spacial score (nSPS) is 15.4. The van der Waals surface area contributed by atoms with Crippen LogP contribution in [0.25, 0.3) is 0 Å². The van der Waals surface area contributed by atoms with E-state index in [1.54, 1.807) is 0 Å². The highest BCUT2D eigenvalue weighted by Crippen LogP contribution is 2.39. The van der Waals surface area contributed by atoms with E-state index in [1.807, 2.05) is 33.9 Å². The molecule has 1 aromatic carbocycles. The van der Waals surface area contributed by atoms with Crippen molar-refractivity contribution >= 4 is 8.32 Å². The molecule has 2 nitrogen and oxygen atoms in total. The molecule has 0 saturated heterocycles. The fourth-order valence-electron chi connectivity index (χ4n) is 1.77. The van der Waals surface area contributed by atoms with Crippen LogP contribution in [-0.4, -0.2) is 20.0 Å². The van der Waals surface area contributed by atoms with Crippen molar-refractivity contribution < 1.29 is 35.9 Å². The first-order valence-corrected chi connectivity index (χ1v) is 10.5. The number of hydrogen-bond donors (Lipinski definition) is 1. The number of aliphatic hydroxyl groups is 1. The van der Waals surface area contributed by atoms with Gasteiger partial charge in [0.1, 0.15) is 6.10 Å². The summed E-state index contributed by atoms with van der Waals surface area (Å²) in [6, 6.07) is 1.08. The summed E-state index contributed by atoms with van der Waals surface area (Å²) >= 11 is 0. The van der Waals surface area contributed by atoms with Crippen molar-refractivity contribution in [2.45, 2.75) is 57.4 Å². The molecule has 0 fully saturated rings. The van der Waals surface area contributed by atoms with Crippen LogP contribution in [0.15, 0.2) is 18.2 Å². The molecule has 1 unspecified atom stereocenters. The third-order valence-electron chi connectivity index (χ3n) is 4.40. The van der Waals surface area contributed by atoms with E-state index in [9.17, 15) is 31.4 Å². The van der Waals surface area contributed by atoms with Crippen LogP contribution in [-0.2, 0) is 16.8 Å². The summed E-state index contributed by atoms with van der Waals surface area (Å²) < 4.78 is 82.8. The smallest absolute Gasteiger partial charge is 0.414 e. The van der Waals surface area contributed by atoms with E-state index in [-0.39, 0.29) is 17.7 Å². The minimum Gasteiger partial charge on any atom is -0.414 e. The van der Waals surface area contributed by atoms with Crippen LogP contribution in [0.3, 0.4) is 0 Å². The lowest BCUT2D eigenvalue weighted by molar-refractivity contribution is -0.143. The summed E-state index contributed by atoms with van der Waals surface area (Å²) in [6.45, 7) is 9.15.